The predicted molar refractivity (Wildman–Crippen MR) is 62.0 cm³/mol. The van der Waals surface area contributed by atoms with Crippen LogP contribution in [0.3, 0.4) is 0 Å². The molecule has 3 heteroatoms. The number of carbonyl (C=O) groups is 1. The Morgan fingerprint density at radius 1 is 1.33 bits per heavy atom. The number of amides is 1. The summed E-state index contributed by atoms with van der Waals surface area (Å²) in [5, 5.41) is 3.97. The molecule has 15 heavy (non-hydrogen) atoms. The minimum absolute atomic E-state index is 0.0329. The Morgan fingerprint density at radius 2 is 2.00 bits per heavy atom. The van der Waals surface area contributed by atoms with Gasteiger partial charge in [0.25, 0.3) is 0 Å². The average Bonchev–Trinajstić information content (AvgIpc) is 2.44. The molecule has 3 nitrogen and oxygen atoms in total. The van der Waals surface area contributed by atoms with Crippen LogP contribution in [0, 0.1) is 6.92 Å². The number of para-hydroxylation sites is 1. The third-order valence-electron chi connectivity index (χ3n) is 2.70. The van der Waals surface area contributed by atoms with Crippen LogP contribution in [0.4, 0.5) is 5.69 Å². The lowest BCUT2D eigenvalue weighted by atomic mass is 10.2. The van der Waals surface area contributed by atoms with Gasteiger partial charge in [-0.2, -0.15) is 0 Å². The number of rotatable bonds is 1. The zero-order valence-corrected chi connectivity index (χ0v) is 9.16. The van der Waals surface area contributed by atoms with E-state index >= 15 is 0 Å². The van der Waals surface area contributed by atoms with Crippen LogP contribution in [0.15, 0.2) is 24.3 Å². The van der Waals surface area contributed by atoms with Gasteiger partial charge in [-0.05, 0) is 13.0 Å². The fourth-order valence-electron chi connectivity index (χ4n) is 1.85. The number of aryl methyl sites for hydroxylation is 1. The molecule has 0 saturated heterocycles. The van der Waals surface area contributed by atoms with Crippen molar-refractivity contribution in [1.29, 1.82) is 0 Å². The van der Waals surface area contributed by atoms with Gasteiger partial charge in [-0.1, -0.05) is 18.2 Å². The van der Waals surface area contributed by atoms with Gasteiger partial charge in [-0.3, -0.25) is 4.79 Å². The molecule has 1 aromatic carbocycles. The second-order valence-electron chi connectivity index (χ2n) is 3.72. The minimum Gasteiger partial charge on any atom is -0.346 e. The third-order valence-corrected chi connectivity index (χ3v) is 2.70. The first-order valence-corrected chi connectivity index (χ1v) is 4.93. The molecule has 0 radical (unpaired) electrons. The van der Waals surface area contributed by atoms with E-state index in [4.69, 9.17) is 0 Å². The maximum Gasteiger partial charge on any atom is 0.221 e. The molecule has 1 N–H and O–H groups in total. The summed E-state index contributed by atoms with van der Waals surface area (Å²) < 4.78 is 2.08. The molecule has 0 atom stereocenters. The lowest BCUT2D eigenvalue weighted by molar-refractivity contribution is -0.114. The van der Waals surface area contributed by atoms with E-state index in [1.807, 2.05) is 38.2 Å². The van der Waals surface area contributed by atoms with Gasteiger partial charge in [-0.15, -0.1) is 0 Å². The Balaban J connectivity index is 2.72. The van der Waals surface area contributed by atoms with Crippen molar-refractivity contribution < 1.29 is 4.79 Å². The summed E-state index contributed by atoms with van der Waals surface area (Å²) in [7, 11) is 2.00. The summed E-state index contributed by atoms with van der Waals surface area (Å²) in [4.78, 5) is 11.1. The van der Waals surface area contributed by atoms with Crippen molar-refractivity contribution in [3.05, 3.63) is 30.0 Å². The number of aromatic nitrogens is 1. The monoisotopic (exact) mass is 202 g/mol. The van der Waals surface area contributed by atoms with Crippen LogP contribution in [0.5, 0.6) is 0 Å². The Morgan fingerprint density at radius 3 is 2.67 bits per heavy atom. The number of benzene rings is 1. The van der Waals surface area contributed by atoms with Gasteiger partial charge >= 0.3 is 0 Å². The van der Waals surface area contributed by atoms with Crippen molar-refractivity contribution in [3.63, 3.8) is 0 Å². The molecule has 1 aromatic heterocycles. The zero-order chi connectivity index (χ0) is 11.0. The van der Waals surface area contributed by atoms with Crippen LogP contribution < -0.4 is 5.32 Å². The third kappa shape index (κ3) is 1.50. The highest BCUT2D eigenvalue weighted by atomic mass is 16.1. The molecule has 1 heterocycles. The molecule has 1 amide bonds. The van der Waals surface area contributed by atoms with Crippen molar-refractivity contribution in [2.75, 3.05) is 5.32 Å². The van der Waals surface area contributed by atoms with Crippen molar-refractivity contribution in [1.82, 2.24) is 4.57 Å². The largest absolute Gasteiger partial charge is 0.346 e. The Hall–Kier alpha value is -1.77. The fraction of sp³-hybridized carbons (Fsp3) is 0.250. The highest BCUT2D eigenvalue weighted by Crippen LogP contribution is 2.29. The van der Waals surface area contributed by atoms with Crippen molar-refractivity contribution in [2.24, 2.45) is 7.05 Å². The molecule has 0 bridgehead atoms. The smallest absolute Gasteiger partial charge is 0.221 e. The first-order chi connectivity index (χ1) is 7.11. The first kappa shape index (κ1) is 9.77. The van der Waals surface area contributed by atoms with Crippen molar-refractivity contribution in [3.8, 4) is 0 Å². The van der Waals surface area contributed by atoms with Crippen molar-refractivity contribution >= 4 is 22.5 Å². The van der Waals surface area contributed by atoms with Gasteiger partial charge in [0, 0.05) is 25.1 Å². The zero-order valence-electron chi connectivity index (χ0n) is 9.16. The number of fused-ring (bicyclic) bond motifs is 1. The van der Waals surface area contributed by atoms with Gasteiger partial charge in [0.1, 0.15) is 0 Å². The molecule has 0 fully saturated rings. The number of anilines is 1. The van der Waals surface area contributed by atoms with E-state index in [1.165, 1.54) is 6.92 Å². The van der Waals surface area contributed by atoms with Crippen LogP contribution in [0.1, 0.15) is 12.6 Å². The molecule has 0 saturated carbocycles. The fourth-order valence-corrected chi connectivity index (χ4v) is 1.85. The van der Waals surface area contributed by atoms with Crippen LogP contribution in [-0.4, -0.2) is 10.5 Å². The molecule has 0 spiro atoms. The van der Waals surface area contributed by atoms with Crippen LogP contribution in [0.2, 0.25) is 0 Å². The van der Waals surface area contributed by atoms with Gasteiger partial charge in [0.15, 0.2) is 0 Å². The highest BCUT2D eigenvalue weighted by Gasteiger charge is 2.11. The number of nitrogens with one attached hydrogen (secondary N) is 1. The van der Waals surface area contributed by atoms with E-state index in [-0.39, 0.29) is 5.91 Å². The van der Waals surface area contributed by atoms with Crippen molar-refractivity contribution in [2.45, 2.75) is 13.8 Å². The predicted octanol–water partition coefficient (Wildman–Crippen LogP) is 2.45. The molecular weight excluding hydrogens is 188 g/mol. The summed E-state index contributed by atoms with van der Waals surface area (Å²) in [5.74, 6) is -0.0329. The molecule has 0 aliphatic heterocycles. The Labute approximate surface area is 88.7 Å². The SMILES string of the molecule is CC(=O)Nc1c(C)n(C)c2ccccc12. The molecule has 2 rings (SSSR count). The molecule has 78 valence electrons. The number of hydrogen-bond acceptors (Lipinski definition) is 1. The van der Waals surface area contributed by atoms with Crippen LogP contribution >= 0.6 is 0 Å². The maximum absolute atomic E-state index is 11.1. The van der Waals surface area contributed by atoms with Gasteiger partial charge < -0.3 is 9.88 Å². The molecule has 0 aliphatic carbocycles. The molecule has 2 aromatic rings. The summed E-state index contributed by atoms with van der Waals surface area (Å²) in [6.45, 7) is 3.53. The summed E-state index contributed by atoms with van der Waals surface area (Å²) in [6, 6.07) is 8.05. The van der Waals surface area contributed by atoms with E-state index in [1.54, 1.807) is 0 Å². The van der Waals surface area contributed by atoms with Gasteiger partial charge in [0.05, 0.1) is 11.2 Å². The Kier molecular flexibility index (Phi) is 2.23. The van der Waals surface area contributed by atoms with Crippen LogP contribution in [-0.2, 0) is 11.8 Å². The summed E-state index contributed by atoms with van der Waals surface area (Å²) >= 11 is 0. The number of hydrogen-bond donors (Lipinski definition) is 1. The second kappa shape index (κ2) is 3.42. The lowest BCUT2D eigenvalue weighted by Gasteiger charge is -2.02. The normalized spacial score (nSPS) is 10.6. The van der Waals surface area contributed by atoms with E-state index in [9.17, 15) is 4.79 Å². The maximum atomic E-state index is 11.1. The van der Waals surface area contributed by atoms with E-state index in [2.05, 4.69) is 9.88 Å². The lowest BCUT2D eigenvalue weighted by Crippen LogP contribution is -2.06. The topological polar surface area (TPSA) is 34.0 Å². The highest BCUT2D eigenvalue weighted by molar-refractivity contribution is 6.02. The van der Waals surface area contributed by atoms with E-state index in [0.29, 0.717) is 0 Å². The average molecular weight is 202 g/mol. The van der Waals surface area contributed by atoms with E-state index in [0.717, 1.165) is 22.3 Å². The summed E-state index contributed by atoms with van der Waals surface area (Å²) in [6.07, 6.45) is 0. The van der Waals surface area contributed by atoms with Gasteiger partial charge in [0.2, 0.25) is 5.91 Å². The van der Waals surface area contributed by atoms with Gasteiger partial charge in [-0.25, -0.2) is 0 Å². The van der Waals surface area contributed by atoms with E-state index < -0.39 is 0 Å². The molecule has 0 aliphatic rings. The minimum atomic E-state index is -0.0329. The summed E-state index contributed by atoms with van der Waals surface area (Å²) in [5.41, 5.74) is 3.13. The second-order valence-corrected chi connectivity index (χ2v) is 3.72. The van der Waals surface area contributed by atoms with Crippen LogP contribution in [0.25, 0.3) is 10.9 Å². The Bertz CT molecular complexity index is 526. The standard InChI is InChI=1S/C12H14N2O/c1-8-12(13-9(2)15)10-6-4-5-7-11(10)14(8)3/h4-7H,1-3H3,(H,13,15). The number of nitrogens with zero attached hydrogens (tertiary/aromatic N) is 1. The number of carbonyl (C=O) groups excluding carboxylic acids is 1. The molecular formula is C12H14N2O. The molecule has 0 unspecified atom stereocenters. The quantitative estimate of drug-likeness (QED) is 0.757. The first-order valence-electron chi connectivity index (χ1n) is 4.93.